The summed E-state index contributed by atoms with van der Waals surface area (Å²) in [7, 11) is -2.63. The molecular weight excluding hydrogens is 708 g/mol. The number of benzene rings is 3. The number of nitrogens with one attached hydrogen (secondary N) is 2. The Bertz CT molecular complexity index is 1780. The molecule has 0 saturated heterocycles. The van der Waals surface area contributed by atoms with E-state index < -0.39 is 64.2 Å². The first kappa shape index (κ1) is 40.4. The first-order valence-corrected chi connectivity index (χ1v) is 18.3. The third kappa shape index (κ3) is 10.8. The molecule has 3 aromatic carbocycles. The van der Waals surface area contributed by atoms with Crippen LogP contribution in [-0.2, 0) is 20.9 Å². The third-order valence-electron chi connectivity index (χ3n) is 8.69. The molecule has 0 spiro atoms. The van der Waals surface area contributed by atoms with Crippen LogP contribution >= 0.6 is 0 Å². The van der Waals surface area contributed by atoms with E-state index in [-0.39, 0.29) is 46.8 Å². The lowest BCUT2D eigenvalue weighted by atomic mass is 10.0. The molecule has 3 aromatic rings. The highest BCUT2D eigenvalue weighted by atomic mass is 32.2. The quantitative estimate of drug-likeness (QED) is 0.221. The van der Waals surface area contributed by atoms with Gasteiger partial charge in [-0.15, -0.1) is 0 Å². The Labute approximate surface area is 300 Å². The van der Waals surface area contributed by atoms with E-state index in [2.05, 4.69) is 10.0 Å². The van der Waals surface area contributed by atoms with Gasteiger partial charge >= 0.3 is 12.2 Å². The van der Waals surface area contributed by atoms with Gasteiger partial charge in [0.25, 0.3) is 15.9 Å². The van der Waals surface area contributed by atoms with Crippen LogP contribution in [0.1, 0.15) is 56.0 Å². The fourth-order valence-corrected chi connectivity index (χ4v) is 6.64. The molecule has 0 aliphatic carbocycles. The molecule has 284 valence electrons. The van der Waals surface area contributed by atoms with Crippen molar-refractivity contribution in [2.45, 2.75) is 69.4 Å². The number of carbonyl (C=O) groups is 2. The summed E-state index contributed by atoms with van der Waals surface area (Å²) >= 11 is 0. The lowest BCUT2D eigenvalue weighted by Gasteiger charge is -2.35. The van der Waals surface area contributed by atoms with E-state index in [1.54, 1.807) is 6.92 Å². The van der Waals surface area contributed by atoms with Crippen molar-refractivity contribution >= 4 is 33.3 Å². The first-order valence-electron chi connectivity index (χ1n) is 16.8. The summed E-state index contributed by atoms with van der Waals surface area (Å²) in [5.74, 6) is -1.35. The van der Waals surface area contributed by atoms with Gasteiger partial charge in [-0.05, 0) is 99.8 Å². The van der Waals surface area contributed by atoms with Gasteiger partial charge in [-0.3, -0.25) is 9.52 Å². The number of sulfonamides is 1. The second kappa shape index (κ2) is 17.4. The van der Waals surface area contributed by atoms with Gasteiger partial charge in [0.15, 0.2) is 0 Å². The zero-order valence-corrected chi connectivity index (χ0v) is 30.1. The highest BCUT2D eigenvalue weighted by Crippen LogP contribution is 2.31. The third-order valence-corrected chi connectivity index (χ3v) is 10.1. The van der Waals surface area contributed by atoms with Crippen molar-refractivity contribution in [3.63, 3.8) is 0 Å². The fraction of sp³-hybridized carbons (Fsp3) is 0.444. The van der Waals surface area contributed by atoms with Crippen molar-refractivity contribution in [3.05, 3.63) is 83.7 Å². The zero-order chi connectivity index (χ0) is 38.2. The van der Waals surface area contributed by atoms with Gasteiger partial charge in [0.1, 0.15) is 11.6 Å². The molecule has 0 saturated carbocycles. The summed E-state index contributed by atoms with van der Waals surface area (Å²) in [4.78, 5) is 30.0. The smallest absolute Gasteiger partial charge is 0.416 e. The van der Waals surface area contributed by atoms with Gasteiger partial charge in [-0.2, -0.15) is 13.2 Å². The summed E-state index contributed by atoms with van der Waals surface area (Å²) in [6.45, 7) is 5.38. The Kier molecular flexibility index (Phi) is 13.5. The number of hydrogen-bond acceptors (Lipinski definition) is 7. The lowest BCUT2D eigenvalue weighted by Crippen LogP contribution is -2.48. The molecule has 0 fully saturated rings. The molecule has 4 atom stereocenters. The number of aliphatic hydroxyl groups excluding tert-OH is 1. The number of anilines is 2. The van der Waals surface area contributed by atoms with E-state index in [1.807, 2.05) is 13.8 Å². The minimum atomic E-state index is -4.51. The van der Waals surface area contributed by atoms with Crippen LogP contribution in [0.2, 0.25) is 0 Å². The molecule has 0 radical (unpaired) electrons. The second-order valence-corrected chi connectivity index (χ2v) is 14.6. The van der Waals surface area contributed by atoms with Gasteiger partial charge in [-0.1, -0.05) is 6.92 Å². The van der Waals surface area contributed by atoms with E-state index in [1.165, 1.54) is 35.0 Å². The Morgan fingerprint density at radius 2 is 1.69 bits per heavy atom. The van der Waals surface area contributed by atoms with Crippen molar-refractivity contribution in [3.8, 4) is 5.75 Å². The number of halogens is 4. The predicted octanol–water partition coefficient (Wildman–Crippen LogP) is 6.60. The van der Waals surface area contributed by atoms with Crippen molar-refractivity contribution in [1.29, 1.82) is 0 Å². The van der Waals surface area contributed by atoms with Crippen LogP contribution in [0.4, 0.5) is 33.7 Å². The number of alkyl halides is 3. The monoisotopic (exact) mass is 752 g/mol. The SMILES string of the molecule is C[C@@H]1CCCCO[C@H](CN(C)C(=O)Nc2ccc(C(F)(F)F)cc2)[C@H](C)CN([C@@H](C)CO)C(=O)c2cc(NS(=O)(=O)c3ccc(F)cc3)ccc2O1. The number of urea groups is 1. The molecule has 1 aliphatic heterocycles. The fourth-order valence-electron chi connectivity index (χ4n) is 5.59. The maximum Gasteiger partial charge on any atom is 0.416 e. The van der Waals surface area contributed by atoms with Crippen LogP contribution < -0.4 is 14.8 Å². The van der Waals surface area contributed by atoms with Crippen molar-refractivity contribution in [2.24, 2.45) is 5.92 Å². The number of carbonyl (C=O) groups excluding carboxylic acids is 2. The molecule has 3 N–H and O–H groups in total. The molecule has 3 amide bonds. The van der Waals surface area contributed by atoms with Crippen molar-refractivity contribution in [2.75, 3.05) is 43.4 Å². The van der Waals surface area contributed by atoms with E-state index >= 15 is 0 Å². The van der Waals surface area contributed by atoms with Crippen LogP contribution in [0.5, 0.6) is 5.75 Å². The van der Waals surface area contributed by atoms with Crippen LogP contribution in [-0.4, -0.2) is 86.9 Å². The maximum atomic E-state index is 14.3. The number of likely N-dealkylation sites (N-methyl/N-ethyl adjacent to an activating group) is 1. The Balaban J connectivity index is 1.59. The molecule has 1 aliphatic rings. The summed E-state index contributed by atoms with van der Waals surface area (Å²) < 4.78 is 93.5. The minimum absolute atomic E-state index is 0.0428. The molecular formula is C36H44F4N4O7S. The molecule has 11 nitrogen and oxygen atoms in total. The summed E-state index contributed by atoms with van der Waals surface area (Å²) in [6, 6.07) is 11.4. The predicted molar refractivity (Wildman–Crippen MR) is 187 cm³/mol. The second-order valence-electron chi connectivity index (χ2n) is 13.0. The van der Waals surface area contributed by atoms with Gasteiger partial charge in [0.05, 0.1) is 40.9 Å². The highest BCUT2D eigenvalue weighted by molar-refractivity contribution is 7.92. The summed E-state index contributed by atoms with van der Waals surface area (Å²) in [5.41, 5.74) is -0.572. The van der Waals surface area contributed by atoms with Crippen LogP contribution in [0.3, 0.4) is 0 Å². The number of fused-ring (bicyclic) bond motifs is 1. The number of amides is 3. The number of nitrogens with zero attached hydrogens (tertiary/aromatic N) is 2. The molecule has 4 rings (SSSR count). The molecule has 0 bridgehead atoms. The molecule has 0 unspecified atom stereocenters. The van der Waals surface area contributed by atoms with Crippen molar-refractivity contribution in [1.82, 2.24) is 9.80 Å². The topological polar surface area (TPSA) is 138 Å². The molecule has 52 heavy (non-hydrogen) atoms. The Hall–Kier alpha value is -4.41. The summed E-state index contributed by atoms with van der Waals surface area (Å²) in [5, 5.41) is 12.8. The van der Waals surface area contributed by atoms with Gasteiger partial charge < -0.3 is 29.7 Å². The summed E-state index contributed by atoms with van der Waals surface area (Å²) in [6.07, 6.45) is -3.49. The standard InChI is InChI=1S/C36H44F4N4O7S/c1-23-20-44(24(2)22-45)34(46)31-19-29(42-52(48,49)30-15-10-27(37)11-16-30)14-17-32(31)51-25(3)7-5-6-18-50-33(23)21-43(4)35(47)41-28-12-8-26(9-13-28)36(38,39)40/h8-17,19,23-25,33,42,45H,5-7,18,20-22H2,1-4H3,(H,41,47)/t23-,24+,25-,33-/m1/s1. The van der Waals surface area contributed by atoms with E-state index in [9.17, 15) is 40.7 Å². The van der Waals surface area contributed by atoms with E-state index in [0.717, 1.165) is 48.5 Å². The highest BCUT2D eigenvalue weighted by Gasteiger charge is 2.32. The van der Waals surface area contributed by atoms with E-state index in [4.69, 9.17) is 9.47 Å². The van der Waals surface area contributed by atoms with Gasteiger partial charge in [0, 0.05) is 44.0 Å². The molecule has 16 heteroatoms. The first-order chi connectivity index (χ1) is 24.5. The minimum Gasteiger partial charge on any atom is -0.490 e. The number of hydrogen-bond donors (Lipinski definition) is 3. The van der Waals surface area contributed by atoms with Crippen LogP contribution in [0.15, 0.2) is 71.6 Å². The lowest BCUT2D eigenvalue weighted by molar-refractivity contribution is -0.137. The van der Waals surface area contributed by atoms with Crippen LogP contribution in [0.25, 0.3) is 0 Å². The maximum absolute atomic E-state index is 14.3. The normalized spacial score (nSPS) is 19.8. The van der Waals surface area contributed by atoms with Gasteiger partial charge in [0.2, 0.25) is 0 Å². The van der Waals surface area contributed by atoms with Crippen molar-refractivity contribution < 1.29 is 50.1 Å². The molecule has 1 heterocycles. The largest absolute Gasteiger partial charge is 0.490 e. The number of ether oxygens (including phenoxy) is 2. The van der Waals surface area contributed by atoms with E-state index in [0.29, 0.717) is 25.9 Å². The number of aliphatic hydroxyl groups is 1. The molecule has 0 aromatic heterocycles. The average Bonchev–Trinajstić information content (AvgIpc) is 3.09. The zero-order valence-electron chi connectivity index (χ0n) is 29.3. The average molecular weight is 753 g/mol. The van der Waals surface area contributed by atoms with Crippen LogP contribution in [0, 0.1) is 11.7 Å². The Morgan fingerprint density at radius 1 is 1.04 bits per heavy atom. The number of rotatable bonds is 8. The van der Waals surface area contributed by atoms with Gasteiger partial charge in [-0.25, -0.2) is 17.6 Å². The Morgan fingerprint density at radius 3 is 2.33 bits per heavy atom.